The molecule has 1 heterocycles. The van der Waals surface area contributed by atoms with Crippen LogP contribution in [-0.4, -0.2) is 15.8 Å². The van der Waals surface area contributed by atoms with Gasteiger partial charge in [0.2, 0.25) is 11.7 Å². The third-order valence-corrected chi connectivity index (χ3v) is 5.71. The van der Waals surface area contributed by atoms with Crippen molar-refractivity contribution >= 4 is 29.0 Å². The van der Waals surface area contributed by atoms with Crippen molar-refractivity contribution in [3.8, 4) is 17.2 Å². The van der Waals surface area contributed by atoms with Crippen LogP contribution in [0.25, 0.3) is 11.1 Å². The highest BCUT2D eigenvalue weighted by Gasteiger charge is 2.25. The van der Waals surface area contributed by atoms with Gasteiger partial charge in [-0.15, -0.1) is 0 Å². The number of nitrogens with zero attached hydrogens (tertiary/aromatic N) is 3. The highest BCUT2D eigenvalue weighted by atomic mass is 35.5. The summed E-state index contributed by atoms with van der Waals surface area (Å²) in [6, 6.07) is 17.2. The molecule has 1 N–H and O–H groups in total. The lowest BCUT2D eigenvalue weighted by Gasteiger charge is -2.16. The van der Waals surface area contributed by atoms with E-state index in [9.17, 15) is 20.2 Å². The molecule has 7 nitrogen and oxygen atoms in total. The number of benzene rings is 2. The van der Waals surface area contributed by atoms with Crippen LogP contribution in [-0.2, 0) is 11.2 Å². The highest BCUT2D eigenvalue weighted by Crippen LogP contribution is 2.31. The Morgan fingerprint density at radius 1 is 1.25 bits per heavy atom. The number of amides is 1. The standard InChI is InChI=1S/C24H21ClN4O3/c1-3-17(24(30)28-23-22(29(31)32)15(2)21(25)14-27-23)12-16-8-10-18(11-9-16)20-7-5-4-6-19(20)13-26/h4-11,14,17H,3,12H2,1-2H3,(H,27,28,30). The van der Waals surface area contributed by atoms with Crippen LogP contribution in [0.15, 0.2) is 54.7 Å². The van der Waals surface area contributed by atoms with Crippen molar-refractivity contribution in [3.63, 3.8) is 0 Å². The predicted octanol–water partition coefficient (Wildman–Crippen LogP) is 5.70. The van der Waals surface area contributed by atoms with Crippen LogP contribution in [0.4, 0.5) is 11.5 Å². The van der Waals surface area contributed by atoms with Crippen molar-refractivity contribution in [1.82, 2.24) is 4.98 Å². The maximum atomic E-state index is 12.8. The van der Waals surface area contributed by atoms with Crippen molar-refractivity contribution in [3.05, 3.63) is 86.6 Å². The fourth-order valence-corrected chi connectivity index (χ4v) is 3.60. The Balaban J connectivity index is 1.77. The lowest BCUT2D eigenvalue weighted by Crippen LogP contribution is -2.25. The summed E-state index contributed by atoms with van der Waals surface area (Å²) in [6.45, 7) is 3.40. The van der Waals surface area contributed by atoms with Crippen LogP contribution in [0.5, 0.6) is 0 Å². The summed E-state index contributed by atoms with van der Waals surface area (Å²) in [6.07, 6.45) is 2.30. The van der Waals surface area contributed by atoms with E-state index in [0.717, 1.165) is 16.7 Å². The number of nitrogens with one attached hydrogen (secondary N) is 1. The summed E-state index contributed by atoms with van der Waals surface area (Å²) in [5, 5.41) is 23.5. The molecule has 0 aliphatic rings. The Morgan fingerprint density at radius 2 is 1.94 bits per heavy atom. The average Bonchev–Trinajstić information content (AvgIpc) is 2.80. The largest absolute Gasteiger partial charge is 0.316 e. The van der Waals surface area contributed by atoms with Crippen LogP contribution >= 0.6 is 11.6 Å². The molecule has 0 spiro atoms. The molecule has 1 aromatic heterocycles. The summed E-state index contributed by atoms with van der Waals surface area (Å²) in [7, 11) is 0. The van der Waals surface area contributed by atoms with Gasteiger partial charge in [0, 0.05) is 12.1 Å². The number of rotatable bonds is 7. The minimum atomic E-state index is -0.595. The summed E-state index contributed by atoms with van der Waals surface area (Å²) < 4.78 is 0. The van der Waals surface area contributed by atoms with E-state index >= 15 is 0 Å². The number of halogens is 1. The van der Waals surface area contributed by atoms with Crippen molar-refractivity contribution in [1.29, 1.82) is 5.26 Å². The van der Waals surface area contributed by atoms with Gasteiger partial charge in [-0.25, -0.2) is 4.98 Å². The van der Waals surface area contributed by atoms with E-state index in [1.807, 2.05) is 49.4 Å². The average molecular weight is 449 g/mol. The number of carbonyl (C=O) groups excluding carboxylic acids is 1. The lowest BCUT2D eigenvalue weighted by atomic mass is 9.93. The summed E-state index contributed by atoms with van der Waals surface area (Å²) in [4.78, 5) is 27.6. The second-order valence-electron chi connectivity index (χ2n) is 7.34. The molecule has 0 saturated heterocycles. The van der Waals surface area contributed by atoms with Crippen LogP contribution < -0.4 is 5.32 Å². The Hall–Kier alpha value is -3.76. The van der Waals surface area contributed by atoms with E-state index in [2.05, 4.69) is 16.4 Å². The van der Waals surface area contributed by atoms with Gasteiger partial charge in [0.1, 0.15) is 0 Å². The summed E-state index contributed by atoms with van der Waals surface area (Å²) in [5.41, 5.74) is 3.26. The van der Waals surface area contributed by atoms with Gasteiger partial charge in [0.25, 0.3) is 0 Å². The van der Waals surface area contributed by atoms with E-state index in [-0.39, 0.29) is 28.0 Å². The number of carbonyl (C=O) groups is 1. The summed E-state index contributed by atoms with van der Waals surface area (Å²) >= 11 is 5.94. The van der Waals surface area contributed by atoms with E-state index in [0.29, 0.717) is 18.4 Å². The van der Waals surface area contributed by atoms with E-state index in [1.165, 1.54) is 13.1 Å². The molecular weight excluding hydrogens is 428 g/mol. The molecule has 162 valence electrons. The van der Waals surface area contributed by atoms with Gasteiger partial charge in [-0.2, -0.15) is 5.26 Å². The van der Waals surface area contributed by atoms with Crippen LogP contribution in [0.2, 0.25) is 5.02 Å². The SMILES string of the molecule is CCC(Cc1ccc(-c2ccccc2C#N)cc1)C(=O)Nc1ncc(Cl)c(C)c1[N+](=O)[O-]. The Kier molecular flexibility index (Phi) is 7.18. The Bertz CT molecular complexity index is 1200. The van der Waals surface area contributed by atoms with Crippen molar-refractivity contribution in [2.24, 2.45) is 5.92 Å². The number of anilines is 1. The maximum Gasteiger partial charge on any atom is 0.316 e. The van der Waals surface area contributed by atoms with Crippen molar-refractivity contribution < 1.29 is 9.72 Å². The molecule has 1 atom stereocenters. The zero-order valence-electron chi connectivity index (χ0n) is 17.6. The lowest BCUT2D eigenvalue weighted by molar-refractivity contribution is -0.384. The van der Waals surface area contributed by atoms with Crippen molar-refractivity contribution in [2.75, 3.05) is 5.32 Å². The van der Waals surface area contributed by atoms with Gasteiger partial charge in [-0.3, -0.25) is 14.9 Å². The molecule has 32 heavy (non-hydrogen) atoms. The van der Waals surface area contributed by atoms with Crippen LogP contribution in [0.1, 0.15) is 30.0 Å². The minimum absolute atomic E-state index is 0.108. The van der Waals surface area contributed by atoms with E-state index in [1.54, 1.807) is 6.07 Å². The van der Waals surface area contributed by atoms with Crippen molar-refractivity contribution in [2.45, 2.75) is 26.7 Å². The van der Waals surface area contributed by atoms with Gasteiger partial charge in [0.15, 0.2) is 0 Å². The van der Waals surface area contributed by atoms with Crippen LogP contribution in [0, 0.1) is 34.3 Å². The molecule has 0 fully saturated rings. The molecule has 3 aromatic rings. The smallest absolute Gasteiger partial charge is 0.305 e. The fraction of sp³-hybridized carbons (Fsp3) is 0.208. The van der Waals surface area contributed by atoms with Gasteiger partial charge < -0.3 is 5.32 Å². The Morgan fingerprint density at radius 3 is 2.56 bits per heavy atom. The first kappa shape index (κ1) is 22.9. The molecule has 0 bridgehead atoms. The number of aromatic nitrogens is 1. The maximum absolute atomic E-state index is 12.8. The Labute approximate surface area is 190 Å². The van der Waals surface area contributed by atoms with Gasteiger partial charge in [-0.1, -0.05) is 61.0 Å². The third-order valence-electron chi connectivity index (χ3n) is 5.33. The molecule has 0 saturated carbocycles. The van der Waals surface area contributed by atoms with Gasteiger partial charge in [0.05, 0.1) is 27.1 Å². The zero-order chi connectivity index (χ0) is 23.3. The van der Waals surface area contributed by atoms with Crippen LogP contribution in [0.3, 0.4) is 0 Å². The third kappa shape index (κ3) is 4.93. The molecule has 0 radical (unpaired) electrons. The minimum Gasteiger partial charge on any atom is -0.305 e. The quantitative estimate of drug-likeness (QED) is 0.368. The second-order valence-corrected chi connectivity index (χ2v) is 7.75. The zero-order valence-corrected chi connectivity index (χ0v) is 18.4. The monoisotopic (exact) mass is 448 g/mol. The predicted molar refractivity (Wildman–Crippen MR) is 123 cm³/mol. The number of hydrogen-bond acceptors (Lipinski definition) is 5. The molecule has 0 aliphatic heterocycles. The molecule has 1 amide bonds. The number of pyridine rings is 1. The summed E-state index contributed by atoms with van der Waals surface area (Å²) in [5.74, 6) is -0.850. The first-order valence-corrected chi connectivity index (χ1v) is 10.4. The topological polar surface area (TPSA) is 109 Å². The normalized spacial score (nSPS) is 11.4. The van der Waals surface area contributed by atoms with Gasteiger partial charge >= 0.3 is 5.69 Å². The molecule has 0 aliphatic carbocycles. The second kappa shape index (κ2) is 10.0. The first-order valence-electron chi connectivity index (χ1n) is 10.0. The van der Waals surface area contributed by atoms with Gasteiger partial charge in [-0.05, 0) is 42.5 Å². The number of nitro groups is 1. The number of nitriles is 1. The molecule has 1 unspecified atom stereocenters. The van der Waals surface area contributed by atoms with E-state index < -0.39 is 10.8 Å². The molecule has 2 aromatic carbocycles. The molecule has 8 heteroatoms. The molecule has 3 rings (SSSR count). The highest BCUT2D eigenvalue weighted by molar-refractivity contribution is 6.31. The fourth-order valence-electron chi connectivity index (χ4n) is 3.46. The number of hydrogen-bond donors (Lipinski definition) is 1. The van der Waals surface area contributed by atoms with E-state index in [4.69, 9.17) is 11.6 Å². The first-order chi connectivity index (χ1) is 15.3. The molecular formula is C24H21ClN4O3.